The number of carbonyl (C=O) groups excluding carboxylic acids is 2. The number of ether oxygens (including phenoxy) is 1. The monoisotopic (exact) mass is 430 g/mol. The van der Waals surface area contributed by atoms with Gasteiger partial charge in [0, 0.05) is 10.1 Å². The predicted molar refractivity (Wildman–Crippen MR) is 118 cm³/mol. The normalized spacial score (nSPS) is 11.3. The number of amides is 2. The molecule has 3 aromatic rings. The Balaban J connectivity index is 1.52. The molecule has 3 rings (SSSR count). The Labute approximate surface area is 179 Å². The van der Waals surface area contributed by atoms with E-state index in [9.17, 15) is 9.59 Å². The number of carbonyl (C=O) groups is 2. The van der Waals surface area contributed by atoms with Gasteiger partial charge in [-0.1, -0.05) is 62.7 Å². The first-order valence-electron chi connectivity index (χ1n) is 9.31. The molecule has 2 N–H and O–H groups in total. The molecule has 2 amide bonds. The van der Waals surface area contributed by atoms with Gasteiger partial charge in [-0.3, -0.25) is 20.4 Å². The van der Waals surface area contributed by atoms with Crippen molar-refractivity contribution in [1.29, 1.82) is 0 Å². The highest BCUT2D eigenvalue weighted by molar-refractivity contribution is 7.21. The minimum atomic E-state index is -0.464. The van der Waals surface area contributed by atoms with E-state index in [0.29, 0.717) is 15.6 Å². The molecule has 1 aromatic heterocycles. The van der Waals surface area contributed by atoms with Crippen molar-refractivity contribution in [1.82, 2.24) is 10.9 Å². The number of benzene rings is 2. The van der Waals surface area contributed by atoms with Crippen LogP contribution in [-0.4, -0.2) is 18.4 Å². The maximum absolute atomic E-state index is 12.3. The van der Waals surface area contributed by atoms with Crippen molar-refractivity contribution in [3.8, 4) is 5.75 Å². The molecule has 0 fully saturated rings. The van der Waals surface area contributed by atoms with Crippen molar-refractivity contribution in [2.24, 2.45) is 0 Å². The van der Waals surface area contributed by atoms with E-state index in [4.69, 9.17) is 16.3 Å². The van der Waals surface area contributed by atoms with Gasteiger partial charge < -0.3 is 4.74 Å². The lowest BCUT2D eigenvalue weighted by atomic mass is 9.82. The fourth-order valence-electron chi connectivity index (χ4n) is 2.73. The zero-order valence-corrected chi connectivity index (χ0v) is 18.1. The Morgan fingerprint density at radius 2 is 1.76 bits per heavy atom. The molecule has 0 aliphatic heterocycles. The highest BCUT2D eigenvalue weighted by atomic mass is 35.5. The molecule has 0 bridgehead atoms. The number of hydrogen-bond donors (Lipinski definition) is 2. The Kier molecular flexibility index (Phi) is 6.45. The summed E-state index contributed by atoms with van der Waals surface area (Å²) in [6.45, 7) is 6.30. The molecule has 2 aromatic carbocycles. The third-order valence-corrected chi connectivity index (χ3v) is 6.62. The van der Waals surface area contributed by atoms with Crippen molar-refractivity contribution in [3.05, 3.63) is 64.0 Å². The third kappa shape index (κ3) is 4.89. The lowest BCUT2D eigenvalue weighted by Gasteiger charge is -2.23. The van der Waals surface area contributed by atoms with E-state index < -0.39 is 11.8 Å². The first-order valence-corrected chi connectivity index (χ1v) is 10.5. The summed E-state index contributed by atoms with van der Waals surface area (Å²) in [7, 11) is 0. The standard InChI is InChI=1S/C22H23ClN2O3S/c1-4-22(2,3)14-9-11-15(12-10-14)28-13-18(26)24-25-21(27)20-19(23)16-7-5-6-8-17(16)29-20/h5-12H,4,13H2,1-3H3,(H,24,26)(H,25,27). The van der Waals surface area contributed by atoms with Crippen molar-refractivity contribution in [3.63, 3.8) is 0 Å². The number of fused-ring (bicyclic) bond motifs is 1. The van der Waals surface area contributed by atoms with Crippen LogP contribution in [0.5, 0.6) is 5.75 Å². The Bertz CT molecular complexity index is 1030. The quantitative estimate of drug-likeness (QED) is 0.535. The van der Waals surface area contributed by atoms with Crippen molar-refractivity contribution >= 4 is 44.8 Å². The fourth-order valence-corrected chi connectivity index (χ4v) is 4.15. The summed E-state index contributed by atoms with van der Waals surface area (Å²) >= 11 is 7.55. The van der Waals surface area contributed by atoms with Gasteiger partial charge in [-0.05, 0) is 35.6 Å². The van der Waals surface area contributed by atoms with E-state index in [-0.39, 0.29) is 12.0 Å². The van der Waals surface area contributed by atoms with Crippen LogP contribution < -0.4 is 15.6 Å². The largest absolute Gasteiger partial charge is 0.484 e. The summed E-state index contributed by atoms with van der Waals surface area (Å²) in [4.78, 5) is 24.7. The van der Waals surface area contributed by atoms with Crippen LogP contribution in [0, 0.1) is 0 Å². The van der Waals surface area contributed by atoms with Crippen LogP contribution >= 0.6 is 22.9 Å². The molecule has 7 heteroatoms. The van der Waals surface area contributed by atoms with Crippen LogP contribution in [0.3, 0.4) is 0 Å². The third-order valence-electron chi connectivity index (χ3n) is 4.95. The molecule has 29 heavy (non-hydrogen) atoms. The lowest BCUT2D eigenvalue weighted by molar-refractivity contribution is -0.123. The summed E-state index contributed by atoms with van der Waals surface area (Å²) in [5.74, 6) is -0.334. The first kappa shape index (κ1) is 21.1. The summed E-state index contributed by atoms with van der Waals surface area (Å²) in [6.07, 6.45) is 1.03. The Hall–Kier alpha value is -2.57. The van der Waals surface area contributed by atoms with E-state index >= 15 is 0 Å². The molecule has 0 aliphatic rings. The molecular weight excluding hydrogens is 408 g/mol. The Morgan fingerprint density at radius 1 is 1.07 bits per heavy atom. The summed E-state index contributed by atoms with van der Waals surface area (Å²) < 4.78 is 6.40. The van der Waals surface area contributed by atoms with Crippen LogP contribution in [0.15, 0.2) is 48.5 Å². The van der Waals surface area contributed by atoms with E-state index in [1.165, 1.54) is 16.9 Å². The predicted octanol–water partition coefficient (Wildman–Crippen LogP) is 5.08. The molecule has 0 aliphatic carbocycles. The maximum atomic E-state index is 12.3. The topological polar surface area (TPSA) is 67.4 Å². The van der Waals surface area contributed by atoms with E-state index in [2.05, 4.69) is 31.6 Å². The first-order chi connectivity index (χ1) is 13.8. The lowest BCUT2D eigenvalue weighted by Crippen LogP contribution is -2.43. The number of nitrogens with one attached hydrogen (secondary N) is 2. The molecule has 0 unspecified atom stereocenters. The molecule has 5 nitrogen and oxygen atoms in total. The second-order valence-corrected chi connectivity index (χ2v) is 8.72. The average Bonchev–Trinajstić information content (AvgIpc) is 3.07. The smallest absolute Gasteiger partial charge is 0.281 e. The number of rotatable bonds is 6. The van der Waals surface area contributed by atoms with Gasteiger partial charge in [-0.2, -0.15) is 0 Å². The van der Waals surface area contributed by atoms with Gasteiger partial charge in [0.05, 0.1) is 5.02 Å². The molecule has 0 spiro atoms. The fraction of sp³-hybridized carbons (Fsp3) is 0.273. The van der Waals surface area contributed by atoms with Gasteiger partial charge in [-0.15, -0.1) is 11.3 Å². The van der Waals surface area contributed by atoms with Gasteiger partial charge in [0.25, 0.3) is 11.8 Å². The molecule has 1 heterocycles. The van der Waals surface area contributed by atoms with Gasteiger partial charge in [-0.25, -0.2) is 0 Å². The highest BCUT2D eigenvalue weighted by Crippen LogP contribution is 2.34. The van der Waals surface area contributed by atoms with Gasteiger partial charge in [0.1, 0.15) is 10.6 Å². The van der Waals surface area contributed by atoms with Gasteiger partial charge in [0.15, 0.2) is 6.61 Å². The molecule has 0 atom stereocenters. The van der Waals surface area contributed by atoms with E-state index in [0.717, 1.165) is 16.5 Å². The number of thiophene rings is 1. The summed E-state index contributed by atoms with van der Waals surface area (Å²) in [6, 6.07) is 15.2. The van der Waals surface area contributed by atoms with Crippen LogP contribution in [0.1, 0.15) is 42.4 Å². The van der Waals surface area contributed by atoms with Crippen LogP contribution in [0.4, 0.5) is 0 Å². The minimum Gasteiger partial charge on any atom is -0.484 e. The minimum absolute atomic E-state index is 0.0913. The Morgan fingerprint density at radius 3 is 2.41 bits per heavy atom. The van der Waals surface area contributed by atoms with Crippen molar-refractivity contribution < 1.29 is 14.3 Å². The van der Waals surface area contributed by atoms with Gasteiger partial charge in [0.2, 0.25) is 0 Å². The SMILES string of the molecule is CCC(C)(C)c1ccc(OCC(=O)NNC(=O)c2sc3ccccc3c2Cl)cc1. The molecule has 0 radical (unpaired) electrons. The second kappa shape index (κ2) is 8.84. The zero-order chi connectivity index (χ0) is 21.0. The van der Waals surface area contributed by atoms with Crippen LogP contribution in [-0.2, 0) is 10.2 Å². The van der Waals surface area contributed by atoms with E-state index in [1.807, 2.05) is 48.5 Å². The van der Waals surface area contributed by atoms with Crippen molar-refractivity contribution in [2.45, 2.75) is 32.6 Å². The maximum Gasteiger partial charge on any atom is 0.281 e. The summed E-state index contributed by atoms with van der Waals surface area (Å²) in [5, 5.41) is 1.19. The number of hydrazine groups is 1. The molecule has 0 saturated heterocycles. The van der Waals surface area contributed by atoms with Crippen molar-refractivity contribution in [2.75, 3.05) is 6.61 Å². The molecular formula is C22H23ClN2O3S. The summed E-state index contributed by atoms with van der Waals surface area (Å²) in [5.41, 5.74) is 6.04. The number of hydrogen-bond acceptors (Lipinski definition) is 4. The van der Waals surface area contributed by atoms with Crippen LogP contribution in [0.25, 0.3) is 10.1 Å². The molecule has 0 saturated carbocycles. The highest BCUT2D eigenvalue weighted by Gasteiger charge is 2.18. The molecule has 152 valence electrons. The zero-order valence-electron chi connectivity index (χ0n) is 16.5. The van der Waals surface area contributed by atoms with E-state index in [1.54, 1.807) is 0 Å². The second-order valence-electron chi connectivity index (χ2n) is 7.29. The van der Waals surface area contributed by atoms with Gasteiger partial charge >= 0.3 is 0 Å². The number of halogens is 1. The average molecular weight is 431 g/mol. The van der Waals surface area contributed by atoms with Crippen LogP contribution in [0.2, 0.25) is 5.02 Å².